The highest BCUT2D eigenvalue weighted by Gasteiger charge is 2.22. The molecule has 1 aromatic carbocycles. The lowest BCUT2D eigenvalue weighted by atomic mass is 10.0. The van der Waals surface area contributed by atoms with Crippen molar-refractivity contribution in [1.82, 2.24) is 0 Å². The summed E-state index contributed by atoms with van der Waals surface area (Å²) < 4.78 is 14.2. The zero-order valence-electron chi connectivity index (χ0n) is 12.3. The minimum absolute atomic E-state index is 0.262. The van der Waals surface area contributed by atoms with E-state index >= 15 is 0 Å². The Hall–Kier alpha value is -1.38. The van der Waals surface area contributed by atoms with Crippen LogP contribution in [0.25, 0.3) is 0 Å². The fraction of sp³-hybridized carbons (Fsp3) is 0.562. The number of para-hydroxylation sites is 1. The minimum atomic E-state index is -0.308. The average molecular weight is 265 g/mol. The zero-order chi connectivity index (χ0) is 14.4. The van der Waals surface area contributed by atoms with Gasteiger partial charge in [0.05, 0.1) is 5.69 Å². The van der Waals surface area contributed by atoms with Crippen molar-refractivity contribution in [3.05, 3.63) is 29.6 Å². The topological polar surface area (TPSA) is 20.3 Å². The van der Waals surface area contributed by atoms with Gasteiger partial charge in [-0.05, 0) is 30.9 Å². The van der Waals surface area contributed by atoms with E-state index in [0.717, 1.165) is 25.7 Å². The van der Waals surface area contributed by atoms with Gasteiger partial charge in [-0.3, -0.25) is 4.79 Å². The second-order valence-corrected chi connectivity index (χ2v) is 5.31. The summed E-state index contributed by atoms with van der Waals surface area (Å²) >= 11 is 0. The maximum absolute atomic E-state index is 14.2. The predicted molar refractivity (Wildman–Crippen MR) is 78.3 cm³/mol. The highest BCUT2D eigenvalue weighted by atomic mass is 19.1. The van der Waals surface area contributed by atoms with Crippen molar-refractivity contribution in [2.45, 2.75) is 46.6 Å². The average Bonchev–Trinajstić information content (AvgIpc) is 2.38. The maximum Gasteiger partial charge on any atom is 0.152 e. The Labute approximate surface area is 115 Å². The monoisotopic (exact) mass is 265 g/mol. The molecule has 0 amide bonds. The molecule has 0 atom stereocenters. The van der Waals surface area contributed by atoms with E-state index in [0.29, 0.717) is 17.2 Å². The van der Waals surface area contributed by atoms with E-state index in [-0.39, 0.29) is 11.9 Å². The molecule has 0 unspecified atom stereocenters. The Kier molecular flexibility index (Phi) is 6.00. The van der Waals surface area contributed by atoms with Crippen LogP contribution in [-0.2, 0) is 0 Å². The Morgan fingerprint density at radius 2 is 1.89 bits per heavy atom. The Morgan fingerprint density at radius 1 is 1.26 bits per heavy atom. The Morgan fingerprint density at radius 3 is 2.37 bits per heavy atom. The molecular weight excluding hydrogens is 241 g/mol. The van der Waals surface area contributed by atoms with Crippen molar-refractivity contribution in [1.29, 1.82) is 0 Å². The van der Waals surface area contributed by atoms with Gasteiger partial charge in [-0.15, -0.1) is 0 Å². The normalized spacial score (nSPS) is 11.1. The Bertz CT molecular complexity index is 413. The Balaban J connectivity index is 3.27. The SMILES string of the molecule is CCC(CC)N(CC(C)C)c1c(F)cccc1C=O. The number of anilines is 1. The first kappa shape index (κ1) is 15.7. The summed E-state index contributed by atoms with van der Waals surface area (Å²) in [6, 6.07) is 4.96. The molecular formula is C16H24FNO. The number of halogens is 1. The van der Waals surface area contributed by atoms with Crippen molar-refractivity contribution >= 4 is 12.0 Å². The summed E-state index contributed by atoms with van der Waals surface area (Å²) in [6.07, 6.45) is 2.62. The second kappa shape index (κ2) is 7.27. The van der Waals surface area contributed by atoms with Crippen LogP contribution in [0.4, 0.5) is 10.1 Å². The number of carbonyl (C=O) groups excluding carboxylic acids is 1. The quantitative estimate of drug-likeness (QED) is 0.685. The van der Waals surface area contributed by atoms with Gasteiger partial charge in [0.1, 0.15) is 5.82 Å². The van der Waals surface area contributed by atoms with Crippen LogP contribution >= 0.6 is 0 Å². The third-order valence-corrected chi connectivity index (χ3v) is 3.38. The van der Waals surface area contributed by atoms with Gasteiger partial charge in [0.25, 0.3) is 0 Å². The molecule has 0 aliphatic heterocycles. The smallest absolute Gasteiger partial charge is 0.152 e. The molecule has 19 heavy (non-hydrogen) atoms. The van der Waals surface area contributed by atoms with E-state index in [2.05, 4.69) is 32.6 Å². The molecule has 0 aliphatic carbocycles. The molecule has 0 bridgehead atoms. The van der Waals surface area contributed by atoms with E-state index in [4.69, 9.17) is 0 Å². The van der Waals surface area contributed by atoms with Crippen LogP contribution in [0.1, 0.15) is 50.9 Å². The van der Waals surface area contributed by atoms with E-state index in [1.807, 2.05) is 0 Å². The zero-order valence-corrected chi connectivity index (χ0v) is 12.3. The van der Waals surface area contributed by atoms with Gasteiger partial charge in [0, 0.05) is 18.2 Å². The van der Waals surface area contributed by atoms with Crippen molar-refractivity contribution < 1.29 is 9.18 Å². The van der Waals surface area contributed by atoms with Gasteiger partial charge >= 0.3 is 0 Å². The van der Waals surface area contributed by atoms with E-state index in [9.17, 15) is 9.18 Å². The van der Waals surface area contributed by atoms with Gasteiger partial charge in [-0.1, -0.05) is 33.8 Å². The molecule has 0 fully saturated rings. The van der Waals surface area contributed by atoms with E-state index < -0.39 is 0 Å². The van der Waals surface area contributed by atoms with Crippen LogP contribution in [0.3, 0.4) is 0 Å². The lowest BCUT2D eigenvalue weighted by molar-refractivity contribution is 0.112. The van der Waals surface area contributed by atoms with Gasteiger partial charge in [-0.2, -0.15) is 0 Å². The number of aldehydes is 1. The minimum Gasteiger partial charge on any atom is -0.365 e. The fourth-order valence-corrected chi connectivity index (χ4v) is 2.48. The first-order valence-electron chi connectivity index (χ1n) is 7.05. The van der Waals surface area contributed by atoms with Crippen molar-refractivity contribution in [2.75, 3.05) is 11.4 Å². The van der Waals surface area contributed by atoms with Gasteiger partial charge in [0.2, 0.25) is 0 Å². The molecule has 2 nitrogen and oxygen atoms in total. The molecule has 0 spiro atoms. The second-order valence-electron chi connectivity index (χ2n) is 5.31. The number of benzene rings is 1. The summed E-state index contributed by atoms with van der Waals surface area (Å²) in [4.78, 5) is 13.2. The lowest BCUT2D eigenvalue weighted by Gasteiger charge is -2.35. The lowest BCUT2D eigenvalue weighted by Crippen LogP contribution is -2.38. The standard InChI is InChI=1S/C16H24FNO/c1-5-14(6-2)18(10-12(3)4)16-13(11-19)8-7-9-15(16)17/h7-9,11-12,14H,5-6,10H2,1-4H3. The van der Waals surface area contributed by atoms with Gasteiger partial charge in [-0.25, -0.2) is 4.39 Å². The van der Waals surface area contributed by atoms with Crippen molar-refractivity contribution in [3.8, 4) is 0 Å². The third-order valence-electron chi connectivity index (χ3n) is 3.38. The maximum atomic E-state index is 14.2. The van der Waals surface area contributed by atoms with Crippen LogP contribution in [0, 0.1) is 11.7 Å². The van der Waals surface area contributed by atoms with Gasteiger partial charge in [0.15, 0.2) is 6.29 Å². The molecule has 0 aliphatic rings. The van der Waals surface area contributed by atoms with Crippen LogP contribution in [0.5, 0.6) is 0 Å². The predicted octanol–water partition coefficient (Wildman–Crippen LogP) is 4.29. The molecule has 1 rings (SSSR count). The summed E-state index contributed by atoms with van der Waals surface area (Å²) in [5.41, 5.74) is 0.896. The highest BCUT2D eigenvalue weighted by Crippen LogP contribution is 2.28. The number of hydrogen-bond acceptors (Lipinski definition) is 2. The summed E-state index contributed by atoms with van der Waals surface area (Å²) in [5.74, 6) is 0.108. The number of carbonyl (C=O) groups is 1. The molecule has 3 heteroatoms. The first-order valence-corrected chi connectivity index (χ1v) is 7.05. The first-order chi connectivity index (χ1) is 9.04. The van der Waals surface area contributed by atoms with Crippen molar-refractivity contribution in [2.24, 2.45) is 5.92 Å². The summed E-state index contributed by atoms with van der Waals surface area (Å²) in [5, 5.41) is 0. The van der Waals surface area contributed by atoms with Crippen LogP contribution in [0.15, 0.2) is 18.2 Å². The summed E-state index contributed by atoms with van der Waals surface area (Å²) in [7, 11) is 0. The third kappa shape index (κ3) is 3.79. The molecule has 0 aromatic heterocycles. The van der Waals surface area contributed by atoms with E-state index in [1.54, 1.807) is 12.1 Å². The fourth-order valence-electron chi connectivity index (χ4n) is 2.48. The number of hydrogen-bond donors (Lipinski definition) is 0. The van der Waals surface area contributed by atoms with E-state index in [1.165, 1.54) is 6.07 Å². The molecule has 0 saturated heterocycles. The highest BCUT2D eigenvalue weighted by molar-refractivity contribution is 5.85. The summed E-state index contributed by atoms with van der Waals surface area (Å²) in [6.45, 7) is 9.17. The number of rotatable bonds is 7. The molecule has 1 aromatic rings. The molecule has 0 heterocycles. The van der Waals surface area contributed by atoms with Crippen LogP contribution in [-0.4, -0.2) is 18.9 Å². The molecule has 0 radical (unpaired) electrons. The molecule has 106 valence electrons. The number of nitrogens with zero attached hydrogens (tertiary/aromatic N) is 1. The van der Waals surface area contributed by atoms with Crippen LogP contribution in [0.2, 0.25) is 0 Å². The van der Waals surface area contributed by atoms with Crippen LogP contribution < -0.4 is 4.90 Å². The van der Waals surface area contributed by atoms with Crippen molar-refractivity contribution in [3.63, 3.8) is 0 Å². The molecule has 0 N–H and O–H groups in total. The van der Waals surface area contributed by atoms with Gasteiger partial charge < -0.3 is 4.90 Å². The largest absolute Gasteiger partial charge is 0.365 e. The molecule has 0 saturated carbocycles.